The maximum atomic E-state index is 5.98. The zero-order valence-corrected chi connectivity index (χ0v) is 19.5. The fraction of sp³-hybridized carbons (Fsp3) is 0.571. The van der Waals surface area contributed by atoms with E-state index in [1.54, 1.807) is 11.0 Å². The van der Waals surface area contributed by atoms with Crippen LogP contribution in [0, 0.1) is 0 Å². The maximum Gasteiger partial charge on any atom is 0.191 e. The molecule has 1 aliphatic carbocycles. The van der Waals surface area contributed by atoms with Crippen LogP contribution in [0.2, 0.25) is 0 Å². The number of aromatic nitrogens is 3. The van der Waals surface area contributed by atoms with Gasteiger partial charge in [-0.3, -0.25) is 0 Å². The van der Waals surface area contributed by atoms with Gasteiger partial charge in [-0.2, -0.15) is 5.10 Å². The van der Waals surface area contributed by atoms with Crippen LogP contribution >= 0.6 is 24.0 Å². The second kappa shape index (κ2) is 13.5. The van der Waals surface area contributed by atoms with Crippen molar-refractivity contribution >= 4 is 29.9 Å². The first-order valence-electron chi connectivity index (χ1n) is 10.4. The van der Waals surface area contributed by atoms with Gasteiger partial charge in [-0.15, -0.1) is 24.0 Å². The summed E-state index contributed by atoms with van der Waals surface area (Å²) < 4.78 is 7.73. The summed E-state index contributed by atoms with van der Waals surface area (Å²) >= 11 is 0. The molecular weight excluding hydrogens is 479 g/mol. The third-order valence-corrected chi connectivity index (χ3v) is 4.90. The Labute approximate surface area is 190 Å². The van der Waals surface area contributed by atoms with Crippen molar-refractivity contribution in [3.63, 3.8) is 0 Å². The lowest BCUT2D eigenvalue weighted by atomic mass is 9.98. The summed E-state index contributed by atoms with van der Waals surface area (Å²) in [4.78, 5) is 8.66. The zero-order valence-electron chi connectivity index (χ0n) is 17.2. The van der Waals surface area contributed by atoms with E-state index in [0.29, 0.717) is 12.6 Å². The summed E-state index contributed by atoms with van der Waals surface area (Å²) in [6.45, 7) is 5.24. The average Bonchev–Trinajstić information content (AvgIpc) is 3.28. The van der Waals surface area contributed by atoms with Gasteiger partial charge in [-0.05, 0) is 43.9 Å². The Balaban J connectivity index is 0.00000300. The summed E-state index contributed by atoms with van der Waals surface area (Å²) in [6, 6.07) is 8.20. The standard InChI is InChI=1S/C21H32N6O.HI/c1-2-23-21(24-13-6-14-28-20-7-4-3-5-8-20)25-15-18-9-11-19(12-10-18)27-17-22-16-26-27;/h9-12,16-17,20H,2-8,13-15H2,1H3,(H2,23,24,25);1H. The molecule has 0 unspecified atom stereocenters. The minimum absolute atomic E-state index is 0. The van der Waals surface area contributed by atoms with Gasteiger partial charge in [0.15, 0.2) is 5.96 Å². The highest BCUT2D eigenvalue weighted by atomic mass is 127. The molecule has 3 rings (SSSR count). The fourth-order valence-electron chi connectivity index (χ4n) is 3.37. The highest BCUT2D eigenvalue weighted by Gasteiger charge is 2.12. The second-order valence-electron chi connectivity index (χ2n) is 7.11. The molecule has 1 fully saturated rings. The molecule has 1 aromatic heterocycles. The Morgan fingerprint density at radius 2 is 1.97 bits per heavy atom. The zero-order chi connectivity index (χ0) is 19.4. The minimum atomic E-state index is 0. The molecule has 0 saturated heterocycles. The van der Waals surface area contributed by atoms with Crippen molar-refractivity contribution in [2.24, 2.45) is 4.99 Å². The maximum absolute atomic E-state index is 5.98. The van der Waals surface area contributed by atoms with E-state index in [4.69, 9.17) is 4.74 Å². The van der Waals surface area contributed by atoms with E-state index < -0.39 is 0 Å². The van der Waals surface area contributed by atoms with Crippen molar-refractivity contribution in [3.05, 3.63) is 42.5 Å². The molecule has 29 heavy (non-hydrogen) atoms. The number of benzene rings is 1. The van der Waals surface area contributed by atoms with E-state index in [1.807, 2.05) is 12.1 Å². The molecule has 0 amide bonds. The van der Waals surface area contributed by atoms with E-state index >= 15 is 0 Å². The van der Waals surface area contributed by atoms with Gasteiger partial charge in [-0.25, -0.2) is 14.7 Å². The first kappa shape index (κ1) is 23.6. The molecule has 0 aliphatic heterocycles. The van der Waals surface area contributed by atoms with Crippen LogP contribution in [0.1, 0.15) is 51.0 Å². The van der Waals surface area contributed by atoms with Crippen LogP contribution in [0.25, 0.3) is 5.69 Å². The lowest BCUT2D eigenvalue weighted by Crippen LogP contribution is -2.38. The van der Waals surface area contributed by atoms with Crippen molar-refractivity contribution in [3.8, 4) is 5.69 Å². The first-order chi connectivity index (χ1) is 13.8. The van der Waals surface area contributed by atoms with E-state index in [-0.39, 0.29) is 24.0 Å². The summed E-state index contributed by atoms with van der Waals surface area (Å²) in [6.07, 6.45) is 11.2. The Morgan fingerprint density at radius 1 is 1.17 bits per heavy atom. The van der Waals surface area contributed by atoms with Crippen LogP contribution in [0.4, 0.5) is 0 Å². The van der Waals surface area contributed by atoms with Crippen LogP contribution < -0.4 is 10.6 Å². The van der Waals surface area contributed by atoms with Gasteiger partial charge >= 0.3 is 0 Å². The number of nitrogens with one attached hydrogen (secondary N) is 2. The SMILES string of the molecule is CCNC(=NCc1ccc(-n2cncn2)cc1)NCCCOC1CCCCC1.I. The van der Waals surface area contributed by atoms with Crippen molar-refractivity contribution in [1.29, 1.82) is 0 Å². The van der Waals surface area contributed by atoms with Crippen LogP contribution in [0.5, 0.6) is 0 Å². The predicted molar refractivity (Wildman–Crippen MR) is 127 cm³/mol. The number of halogens is 1. The summed E-state index contributed by atoms with van der Waals surface area (Å²) in [5.74, 6) is 0.848. The monoisotopic (exact) mass is 512 g/mol. The average molecular weight is 512 g/mol. The Bertz CT molecular complexity index is 698. The molecule has 1 aromatic carbocycles. The van der Waals surface area contributed by atoms with Crippen molar-refractivity contribution in [1.82, 2.24) is 25.4 Å². The van der Waals surface area contributed by atoms with Gasteiger partial charge in [0.05, 0.1) is 18.3 Å². The highest BCUT2D eigenvalue weighted by molar-refractivity contribution is 14.0. The summed E-state index contributed by atoms with van der Waals surface area (Å²) in [5, 5.41) is 10.8. The molecule has 2 aromatic rings. The van der Waals surface area contributed by atoms with Gasteiger partial charge in [0, 0.05) is 19.7 Å². The number of ether oxygens (including phenoxy) is 1. The molecule has 1 saturated carbocycles. The molecule has 0 spiro atoms. The summed E-state index contributed by atoms with van der Waals surface area (Å²) in [5.41, 5.74) is 2.15. The van der Waals surface area contributed by atoms with Crippen LogP contribution in [0.15, 0.2) is 41.9 Å². The number of rotatable bonds is 9. The van der Waals surface area contributed by atoms with E-state index in [0.717, 1.165) is 43.3 Å². The number of aliphatic imine (C=N–C) groups is 1. The largest absolute Gasteiger partial charge is 0.378 e. The van der Waals surface area contributed by atoms with E-state index in [1.165, 1.54) is 38.4 Å². The molecule has 2 N–H and O–H groups in total. The smallest absolute Gasteiger partial charge is 0.191 e. The van der Waals surface area contributed by atoms with Gasteiger partial charge in [0.1, 0.15) is 12.7 Å². The lowest BCUT2D eigenvalue weighted by molar-refractivity contribution is 0.0277. The van der Waals surface area contributed by atoms with E-state index in [2.05, 4.69) is 44.8 Å². The Kier molecular flexibility index (Phi) is 11.0. The molecule has 8 heteroatoms. The third kappa shape index (κ3) is 8.30. The molecule has 0 radical (unpaired) electrons. The topological polar surface area (TPSA) is 76.4 Å². The van der Waals surface area contributed by atoms with Gasteiger partial charge in [-0.1, -0.05) is 31.4 Å². The Morgan fingerprint density at radius 3 is 2.66 bits per heavy atom. The minimum Gasteiger partial charge on any atom is -0.378 e. The molecule has 0 bridgehead atoms. The summed E-state index contributed by atoms with van der Waals surface area (Å²) in [7, 11) is 0. The third-order valence-electron chi connectivity index (χ3n) is 4.90. The number of guanidine groups is 1. The first-order valence-corrected chi connectivity index (χ1v) is 10.4. The highest BCUT2D eigenvalue weighted by Crippen LogP contribution is 2.20. The molecule has 160 valence electrons. The fourth-order valence-corrected chi connectivity index (χ4v) is 3.37. The molecule has 1 heterocycles. The van der Waals surface area contributed by atoms with Crippen molar-refractivity contribution < 1.29 is 4.74 Å². The van der Waals surface area contributed by atoms with Crippen LogP contribution in [0.3, 0.4) is 0 Å². The normalized spacial score (nSPS) is 15.0. The number of hydrogen-bond acceptors (Lipinski definition) is 4. The second-order valence-corrected chi connectivity index (χ2v) is 7.11. The molecule has 1 aliphatic rings. The van der Waals surface area contributed by atoms with Gasteiger partial charge < -0.3 is 15.4 Å². The molecule has 0 atom stereocenters. The Hall–Kier alpha value is -1.68. The van der Waals surface area contributed by atoms with E-state index in [9.17, 15) is 0 Å². The number of hydrogen-bond donors (Lipinski definition) is 2. The van der Waals surface area contributed by atoms with Gasteiger partial charge in [0.25, 0.3) is 0 Å². The molecular formula is C21H33IN6O. The lowest BCUT2D eigenvalue weighted by Gasteiger charge is -2.22. The van der Waals surface area contributed by atoms with Crippen molar-refractivity contribution in [2.75, 3.05) is 19.7 Å². The number of nitrogens with zero attached hydrogens (tertiary/aromatic N) is 4. The predicted octanol–water partition coefficient (Wildman–Crippen LogP) is 3.68. The van der Waals surface area contributed by atoms with Crippen molar-refractivity contribution in [2.45, 2.75) is 58.1 Å². The molecule has 7 nitrogen and oxygen atoms in total. The quantitative estimate of drug-likeness (QED) is 0.232. The van der Waals surface area contributed by atoms with Crippen LogP contribution in [-0.4, -0.2) is 46.5 Å². The van der Waals surface area contributed by atoms with Crippen LogP contribution in [-0.2, 0) is 11.3 Å². The van der Waals surface area contributed by atoms with Gasteiger partial charge in [0.2, 0.25) is 0 Å².